The number of hydrogen-bond acceptors (Lipinski definition) is 4. The first-order valence-corrected chi connectivity index (χ1v) is 7.82. The number of nitrogens with zero attached hydrogens (tertiary/aromatic N) is 5. The number of aromatic nitrogens is 5. The van der Waals surface area contributed by atoms with E-state index in [2.05, 4.69) is 46.6 Å². The molecule has 0 amide bonds. The molecule has 0 atom stereocenters. The molecule has 6 nitrogen and oxygen atoms in total. The van der Waals surface area contributed by atoms with Gasteiger partial charge in [0.2, 0.25) is 0 Å². The van der Waals surface area contributed by atoms with Crippen molar-refractivity contribution in [3.63, 3.8) is 0 Å². The first-order chi connectivity index (χ1) is 11.1. The van der Waals surface area contributed by atoms with Gasteiger partial charge < -0.3 is 5.32 Å². The third-order valence-electron chi connectivity index (χ3n) is 3.70. The Balaban J connectivity index is 1.71. The molecule has 0 saturated heterocycles. The molecule has 1 N–H and O–H groups in total. The van der Waals surface area contributed by atoms with E-state index in [0.29, 0.717) is 5.92 Å². The Bertz CT molecular complexity index is 757. The lowest BCUT2D eigenvalue weighted by atomic mass is 10.1. The van der Waals surface area contributed by atoms with Gasteiger partial charge in [0.15, 0.2) is 5.82 Å². The van der Waals surface area contributed by atoms with Crippen LogP contribution in [0.3, 0.4) is 0 Å². The molecular weight excluding hydrogens is 288 g/mol. The van der Waals surface area contributed by atoms with Crippen molar-refractivity contribution in [3.05, 3.63) is 59.8 Å². The molecule has 3 rings (SSSR count). The molecule has 0 aromatic carbocycles. The van der Waals surface area contributed by atoms with Crippen molar-refractivity contribution in [1.82, 2.24) is 29.9 Å². The molecule has 120 valence electrons. The van der Waals surface area contributed by atoms with Gasteiger partial charge in [-0.05, 0) is 18.1 Å². The summed E-state index contributed by atoms with van der Waals surface area (Å²) in [4.78, 5) is 4.44. The van der Waals surface area contributed by atoms with Crippen molar-refractivity contribution in [2.75, 3.05) is 0 Å². The molecule has 0 aliphatic rings. The molecule has 0 aliphatic heterocycles. The Labute approximate surface area is 136 Å². The van der Waals surface area contributed by atoms with E-state index in [9.17, 15) is 0 Å². The van der Waals surface area contributed by atoms with Crippen molar-refractivity contribution < 1.29 is 0 Å². The fourth-order valence-corrected chi connectivity index (χ4v) is 2.68. The Hall–Kier alpha value is -2.47. The third kappa shape index (κ3) is 3.48. The third-order valence-corrected chi connectivity index (χ3v) is 3.70. The van der Waals surface area contributed by atoms with E-state index in [0.717, 1.165) is 30.2 Å². The minimum absolute atomic E-state index is 0.422. The predicted octanol–water partition coefficient (Wildman–Crippen LogP) is 2.41. The summed E-state index contributed by atoms with van der Waals surface area (Å²) in [5, 5.41) is 12.3. The summed E-state index contributed by atoms with van der Waals surface area (Å²) >= 11 is 0. The smallest absolute Gasteiger partial charge is 0.157 e. The molecule has 6 heteroatoms. The van der Waals surface area contributed by atoms with E-state index in [-0.39, 0.29) is 0 Å². The molecule has 3 heterocycles. The fourth-order valence-electron chi connectivity index (χ4n) is 2.68. The minimum Gasteiger partial charge on any atom is -0.308 e. The van der Waals surface area contributed by atoms with Crippen LogP contribution in [0.4, 0.5) is 0 Å². The molecule has 0 aliphatic carbocycles. The molecule has 0 bridgehead atoms. The number of aryl methyl sites for hydroxylation is 1. The summed E-state index contributed by atoms with van der Waals surface area (Å²) < 4.78 is 3.67. The molecule has 23 heavy (non-hydrogen) atoms. The fraction of sp³-hybridized carbons (Fsp3) is 0.353. The van der Waals surface area contributed by atoms with E-state index < -0.39 is 0 Å². The number of nitrogens with one attached hydrogen (secondary N) is 1. The number of rotatable bonds is 6. The molecule has 0 unspecified atom stereocenters. The molecule has 3 aromatic heterocycles. The zero-order chi connectivity index (χ0) is 16.2. The second-order valence-corrected chi connectivity index (χ2v) is 5.91. The van der Waals surface area contributed by atoms with Gasteiger partial charge in [-0.25, -0.2) is 9.67 Å². The average molecular weight is 310 g/mol. The largest absolute Gasteiger partial charge is 0.308 e. The zero-order valence-corrected chi connectivity index (χ0v) is 13.8. The Kier molecular flexibility index (Phi) is 4.52. The molecule has 0 fully saturated rings. The van der Waals surface area contributed by atoms with E-state index in [1.807, 2.05) is 30.1 Å². The van der Waals surface area contributed by atoms with Crippen molar-refractivity contribution in [2.45, 2.75) is 32.9 Å². The van der Waals surface area contributed by atoms with Gasteiger partial charge in [0.05, 0.1) is 5.69 Å². The maximum atomic E-state index is 4.54. The SMILES string of the molecule is CC(C)c1nn(C)cc1CNCc1cccnc1-n1cccn1. The van der Waals surface area contributed by atoms with Crippen LogP contribution in [-0.4, -0.2) is 24.5 Å². The summed E-state index contributed by atoms with van der Waals surface area (Å²) in [6.07, 6.45) is 7.54. The molecule has 0 spiro atoms. The highest BCUT2D eigenvalue weighted by Crippen LogP contribution is 2.17. The summed E-state index contributed by atoms with van der Waals surface area (Å²) in [6.45, 7) is 5.86. The Morgan fingerprint density at radius 3 is 2.70 bits per heavy atom. The number of hydrogen-bond donors (Lipinski definition) is 1. The standard InChI is InChI=1S/C17H22N6/c1-13(2)16-15(12-22(3)21-16)11-18-10-14-6-4-7-19-17(14)23-9-5-8-20-23/h4-9,12-13,18H,10-11H2,1-3H3. The first kappa shape index (κ1) is 15.4. The normalized spacial score (nSPS) is 11.3. The monoisotopic (exact) mass is 310 g/mol. The lowest BCUT2D eigenvalue weighted by Crippen LogP contribution is -2.16. The van der Waals surface area contributed by atoms with Crippen LogP contribution in [0.1, 0.15) is 36.6 Å². The minimum atomic E-state index is 0.422. The molecule has 0 saturated carbocycles. The average Bonchev–Trinajstić information content (AvgIpc) is 3.17. The van der Waals surface area contributed by atoms with Gasteiger partial charge in [-0.2, -0.15) is 10.2 Å². The van der Waals surface area contributed by atoms with E-state index >= 15 is 0 Å². The quantitative estimate of drug-likeness (QED) is 0.759. The second kappa shape index (κ2) is 6.75. The van der Waals surface area contributed by atoms with Crippen LogP contribution in [0.5, 0.6) is 0 Å². The van der Waals surface area contributed by atoms with Gasteiger partial charge in [-0.3, -0.25) is 4.68 Å². The highest BCUT2D eigenvalue weighted by Gasteiger charge is 2.11. The predicted molar refractivity (Wildman–Crippen MR) is 89.2 cm³/mol. The summed E-state index contributed by atoms with van der Waals surface area (Å²) in [5.41, 5.74) is 3.51. The Morgan fingerprint density at radius 1 is 1.13 bits per heavy atom. The van der Waals surface area contributed by atoms with Gasteiger partial charge in [-0.1, -0.05) is 19.9 Å². The lowest BCUT2D eigenvalue weighted by molar-refractivity contribution is 0.669. The second-order valence-electron chi connectivity index (χ2n) is 5.91. The van der Waals surface area contributed by atoms with Gasteiger partial charge in [0.25, 0.3) is 0 Å². The van der Waals surface area contributed by atoms with Crippen LogP contribution in [0, 0.1) is 0 Å². The van der Waals surface area contributed by atoms with Crippen LogP contribution in [0.2, 0.25) is 0 Å². The summed E-state index contributed by atoms with van der Waals surface area (Å²) in [6, 6.07) is 5.92. The first-order valence-electron chi connectivity index (χ1n) is 7.82. The maximum Gasteiger partial charge on any atom is 0.157 e. The highest BCUT2D eigenvalue weighted by atomic mass is 15.3. The van der Waals surface area contributed by atoms with Crippen molar-refractivity contribution in [3.8, 4) is 5.82 Å². The molecular formula is C17H22N6. The molecule has 3 aromatic rings. The van der Waals surface area contributed by atoms with Crippen LogP contribution in [-0.2, 0) is 20.1 Å². The van der Waals surface area contributed by atoms with E-state index in [1.54, 1.807) is 17.1 Å². The summed E-state index contributed by atoms with van der Waals surface area (Å²) in [5.74, 6) is 1.28. The highest BCUT2D eigenvalue weighted by molar-refractivity contribution is 5.32. The van der Waals surface area contributed by atoms with Crippen LogP contribution in [0.25, 0.3) is 5.82 Å². The van der Waals surface area contributed by atoms with Crippen molar-refractivity contribution in [2.24, 2.45) is 7.05 Å². The van der Waals surface area contributed by atoms with Gasteiger partial charge >= 0.3 is 0 Å². The van der Waals surface area contributed by atoms with Crippen LogP contribution in [0.15, 0.2) is 43.0 Å². The van der Waals surface area contributed by atoms with Crippen LogP contribution < -0.4 is 5.32 Å². The van der Waals surface area contributed by atoms with Crippen LogP contribution >= 0.6 is 0 Å². The van der Waals surface area contributed by atoms with Gasteiger partial charge in [0, 0.05) is 56.1 Å². The van der Waals surface area contributed by atoms with Crippen molar-refractivity contribution in [1.29, 1.82) is 0 Å². The zero-order valence-electron chi connectivity index (χ0n) is 13.8. The summed E-state index contributed by atoms with van der Waals surface area (Å²) in [7, 11) is 1.96. The van der Waals surface area contributed by atoms with Gasteiger partial charge in [0.1, 0.15) is 0 Å². The maximum absolute atomic E-state index is 4.54. The Morgan fingerprint density at radius 2 is 1.96 bits per heavy atom. The molecule has 0 radical (unpaired) electrons. The van der Waals surface area contributed by atoms with Gasteiger partial charge in [-0.15, -0.1) is 0 Å². The van der Waals surface area contributed by atoms with E-state index in [1.165, 1.54) is 5.56 Å². The topological polar surface area (TPSA) is 60.6 Å². The van der Waals surface area contributed by atoms with Crippen molar-refractivity contribution >= 4 is 0 Å². The van der Waals surface area contributed by atoms with E-state index in [4.69, 9.17) is 0 Å². The lowest BCUT2D eigenvalue weighted by Gasteiger charge is -2.10. The number of pyridine rings is 1.